The number of rotatable bonds is 3. The number of nitriles is 1. The Bertz CT molecular complexity index is 447. The fourth-order valence-electron chi connectivity index (χ4n) is 1.10. The van der Waals surface area contributed by atoms with Crippen LogP contribution in [-0.4, -0.2) is 25.1 Å². The van der Waals surface area contributed by atoms with Crippen LogP contribution in [0.25, 0.3) is 6.08 Å². The number of likely N-dealkylation sites (N-methyl/N-ethyl adjacent to an activating group) is 1. The Hall–Kier alpha value is -2.12. The van der Waals surface area contributed by atoms with Gasteiger partial charge in [-0.2, -0.15) is 5.26 Å². The van der Waals surface area contributed by atoms with Crippen LogP contribution in [-0.2, 0) is 9.63 Å². The summed E-state index contributed by atoms with van der Waals surface area (Å²) in [6, 6.07) is 9.11. The molecule has 0 aromatic heterocycles. The maximum atomic E-state index is 11.4. The van der Waals surface area contributed by atoms with Gasteiger partial charge in [-0.15, -0.1) is 0 Å². The molecule has 0 heterocycles. The number of carbonyl (C=O) groups excluding carboxylic acids is 1. The third-order valence-electron chi connectivity index (χ3n) is 2.07. The highest BCUT2D eigenvalue weighted by atomic mass is 16.7. The molecule has 4 nitrogen and oxygen atoms in total. The summed E-state index contributed by atoms with van der Waals surface area (Å²) in [5, 5.41) is 9.94. The van der Waals surface area contributed by atoms with Gasteiger partial charge in [0.05, 0.1) is 18.7 Å². The zero-order valence-electron chi connectivity index (χ0n) is 9.18. The van der Waals surface area contributed by atoms with Crippen LogP contribution in [0.4, 0.5) is 0 Å². The van der Waals surface area contributed by atoms with E-state index in [0.29, 0.717) is 11.1 Å². The predicted octanol–water partition coefficient (Wildman–Crippen LogP) is 1.59. The average Bonchev–Trinajstić information content (AvgIpc) is 2.35. The SMILES string of the molecule is CON(C)C(=O)C=Cc1ccccc1C#N. The molecule has 82 valence electrons. The monoisotopic (exact) mass is 216 g/mol. The summed E-state index contributed by atoms with van der Waals surface area (Å²) < 4.78 is 0. The van der Waals surface area contributed by atoms with Crippen LogP contribution in [0.15, 0.2) is 30.3 Å². The smallest absolute Gasteiger partial charge is 0.269 e. The highest BCUT2D eigenvalue weighted by Gasteiger charge is 2.03. The maximum Gasteiger partial charge on any atom is 0.269 e. The second kappa shape index (κ2) is 5.69. The van der Waals surface area contributed by atoms with Crippen LogP contribution in [0.3, 0.4) is 0 Å². The molecule has 0 bridgehead atoms. The number of hydroxylamine groups is 2. The molecule has 0 atom stereocenters. The molecule has 0 aliphatic carbocycles. The number of benzene rings is 1. The van der Waals surface area contributed by atoms with Gasteiger partial charge in [-0.1, -0.05) is 18.2 Å². The average molecular weight is 216 g/mol. The lowest BCUT2D eigenvalue weighted by molar-refractivity contribution is -0.162. The normalized spacial score (nSPS) is 10.1. The lowest BCUT2D eigenvalue weighted by Gasteiger charge is -2.10. The summed E-state index contributed by atoms with van der Waals surface area (Å²) >= 11 is 0. The Balaban J connectivity index is 2.85. The molecule has 0 radical (unpaired) electrons. The zero-order chi connectivity index (χ0) is 12.0. The molecule has 0 saturated carbocycles. The Kier molecular flexibility index (Phi) is 4.25. The van der Waals surface area contributed by atoms with Crippen LogP contribution >= 0.6 is 0 Å². The van der Waals surface area contributed by atoms with Crippen LogP contribution in [0.2, 0.25) is 0 Å². The highest BCUT2D eigenvalue weighted by Crippen LogP contribution is 2.09. The predicted molar refractivity (Wildman–Crippen MR) is 60.0 cm³/mol. The van der Waals surface area contributed by atoms with Gasteiger partial charge in [0.15, 0.2) is 0 Å². The minimum atomic E-state index is -0.282. The van der Waals surface area contributed by atoms with Crippen molar-refractivity contribution in [2.24, 2.45) is 0 Å². The van der Waals surface area contributed by atoms with E-state index in [1.54, 1.807) is 24.3 Å². The van der Waals surface area contributed by atoms with Gasteiger partial charge >= 0.3 is 0 Å². The van der Waals surface area contributed by atoms with Crippen molar-refractivity contribution in [3.05, 3.63) is 41.5 Å². The molecule has 0 fully saturated rings. The zero-order valence-corrected chi connectivity index (χ0v) is 9.18. The van der Waals surface area contributed by atoms with Gasteiger partial charge in [-0.25, -0.2) is 5.06 Å². The van der Waals surface area contributed by atoms with Crippen molar-refractivity contribution in [2.45, 2.75) is 0 Å². The van der Waals surface area contributed by atoms with Gasteiger partial charge in [-0.3, -0.25) is 9.63 Å². The Morgan fingerprint density at radius 2 is 2.19 bits per heavy atom. The summed E-state index contributed by atoms with van der Waals surface area (Å²) in [5.41, 5.74) is 1.24. The highest BCUT2D eigenvalue weighted by molar-refractivity contribution is 5.91. The molecular formula is C12H12N2O2. The maximum absolute atomic E-state index is 11.4. The number of amides is 1. The third kappa shape index (κ3) is 2.94. The second-order valence-electron chi connectivity index (χ2n) is 3.05. The van der Waals surface area contributed by atoms with Crippen molar-refractivity contribution in [3.63, 3.8) is 0 Å². The first-order valence-electron chi connectivity index (χ1n) is 4.68. The van der Waals surface area contributed by atoms with E-state index in [-0.39, 0.29) is 5.91 Å². The summed E-state index contributed by atoms with van der Waals surface area (Å²) in [6.45, 7) is 0. The van der Waals surface area contributed by atoms with E-state index < -0.39 is 0 Å². The summed E-state index contributed by atoms with van der Waals surface area (Å²) in [5.74, 6) is -0.282. The first kappa shape index (κ1) is 12.0. The number of nitrogens with zero attached hydrogens (tertiary/aromatic N) is 2. The van der Waals surface area contributed by atoms with Crippen molar-refractivity contribution in [3.8, 4) is 6.07 Å². The van der Waals surface area contributed by atoms with E-state index in [0.717, 1.165) is 5.06 Å². The van der Waals surface area contributed by atoms with E-state index in [1.165, 1.54) is 20.2 Å². The molecule has 4 heteroatoms. The molecule has 0 saturated heterocycles. The summed E-state index contributed by atoms with van der Waals surface area (Å²) in [4.78, 5) is 16.1. The fraction of sp³-hybridized carbons (Fsp3) is 0.167. The van der Waals surface area contributed by atoms with Crippen LogP contribution in [0.5, 0.6) is 0 Å². The Morgan fingerprint density at radius 1 is 1.50 bits per heavy atom. The van der Waals surface area contributed by atoms with Gasteiger partial charge in [0, 0.05) is 13.1 Å². The van der Waals surface area contributed by atoms with Crippen molar-refractivity contribution < 1.29 is 9.63 Å². The Labute approximate surface area is 94.3 Å². The molecular weight excluding hydrogens is 204 g/mol. The molecule has 1 amide bonds. The second-order valence-corrected chi connectivity index (χ2v) is 3.05. The molecule has 0 N–H and O–H groups in total. The van der Waals surface area contributed by atoms with E-state index in [2.05, 4.69) is 6.07 Å². The van der Waals surface area contributed by atoms with Gasteiger partial charge in [0.2, 0.25) is 0 Å². The van der Waals surface area contributed by atoms with Crippen LogP contribution in [0, 0.1) is 11.3 Å². The van der Waals surface area contributed by atoms with E-state index in [4.69, 9.17) is 10.1 Å². The van der Waals surface area contributed by atoms with Gasteiger partial charge in [0.25, 0.3) is 5.91 Å². The third-order valence-corrected chi connectivity index (χ3v) is 2.07. The standard InChI is InChI=1S/C12H12N2O2/c1-14(16-2)12(15)8-7-10-5-3-4-6-11(10)9-13/h3-8H,1-2H3. The number of hydrogen-bond donors (Lipinski definition) is 0. The molecule has 0 unspecified atom stereocenters. The van der Waals surface area contributed by atoms with Crippen LogP contribution < -0.4 is 0 Å². The van der Waals surface area contributed by atoms with Crippen molar-refractivity contribution in [2.75, 3.05) is 14.2 Å². The summed E-state index contributed by atoms with van der Waals surface area (Å²) in [7, 11) is 2.93. The minimum Gasteiger partial charge on any atom is -0.274 e. The lowest BCUT2D eigenvalue weighted by Crippen LogP contribution is -2.22. The molecule has 16 heavy (non-hydrogen) atoms. The van der Waals surface area contributed by atoms with Crippen molar-refractivity contribution in [1.29, 1.82) is 5.26 Å². The van der Waals surface area contributed by atoms with E-state index in [1.807, 2.05) is 6.07 Å². The topological polar surface area (TPSA) is 53.3 Å². The van der Waals surface area contributed by atoms with Crippen LogP contribution in [0.1, 0.15) is 11.1 Å². The summed E-state index contributed by atoms with van der Waals surface area (Å²) in [6.07, 6.45) is 2.95. The van der Waals surface area contributed by atoms with Gasteiger partial charge in [-0.05, 0) is 17.7 Å². The molecule has 0 aliphatic rings. The molecule has 0 aliphatic heterocycles. The number of carbonyl (C=O) groups is 1. The van der Waals surface area contributed by atoms with Gasteiger partial charge < -0.3 is 0 Å². The minimum absolute atomic E-state index is 0.282. The molecule has 0 spiro atoms. The molecule has 1 aromatic carbocycles. The van der Waals surface area contributed by atoms with Gasteiger partial charge in [0.1, 0.15) is 0 Å². The largest absolute Gasteiger partial charge is 0.274 e. The molecule has 1 rings (SSSR count). The number of hydrogen-bond acceptors (Lipinski definition) is 3. The Morgan fingerprint density at radius 3 is 2.81 bits per heavy atom. The first-order chi connectivity index (χ1) is 7.69. The molecule has 1 aromatic rings. The van der Waals surface area contributed by atoms with Crippen molar-refractivity contribution >= 4 is 12.0 Å². The lowest BCUT2D eigenvalue weighted by atomic mass is 10.1. The van der Waals surface area contributed by atoms with Crippen molar-refractivity contribution in [1.82, 2.24) is 5.06 Å². The fourth-order valence-corrected chi connectivity index (χ4v) is 1.10. The quantitative estimate of drug-likeness (QED) is 0.569. The first-order valence-corrected chi connectivity index (χ1v) is 4.68. The van der Waals surface area contributed by atoms with E-state index in [9.17, 15) is 4.79 Å². The van der Waals surface area contributed by atoms with E-state index >= 15 is 0 Å².